The van der Waals surface area contributed by atoms with Gasteiger partial charge in [0.25, 0.3) is 0 Å². The van der Waals surface area contributed by atoms with Crippen molar-refractivity contribution in [3.8, 4) is 0 Å². The van der Waals surface area contributed by atoms with Crippen molar-refractivity contribution < 1.29 is 0 Å². The third kappa shape index (κ3) is 4.74. The summed E-state index contributed by atoms with van der Waals surface area (Å²) in [5, 5.41) is 1.66. The Morgan fingerprint density at radius 2 is 1.63 bits per heavy atom. The van der Waals surface area contributed by atoms with Gasteiger partial charge in [0, 0.05) is 10.8 Å². The van der Waals surface area contributed by atoms with Crippen molar-refractivity contribution in [3.63, 3.8) is 0 Å². The standard InChI is InChI=1S/C23H21ClN2S/c24-20-13-14-21-22(15-20)26-23(25-21)27-16-19-11-5-4-10-18(19)12-6-9-17-7-2-1-3-8-17/h1-5,7-8,10-11,13-15H,6,9,12,16H2,(H,25,26). The maximum Gasteiger partial charge on any atom is 0.166 e. The van der Waals surface area contributed by atoms with E-state index < -0.39 is 0 Å². The number of aromatic nitrogens is 2. The first kappa shape index (κ1) is 18.1. The lowest BCUT2D eigenvalue weighted by molar-refractivity contribution is 0.815. The molecular weight excluding hydrogens is 372 g/mol. The van der Waals surface area contributed by atoms with E-state index in [1.54, 1.807) is 11.8 Å². The molecule has 0 fully saturated rings. The van der Waals surface area contributed by atoms with Crippen LogP contribution in [0.25, 0.3) is 11.0 Å². The average molecular weight is 393 g/mol. The van der Waals surface area contributed by atoms with Gasteiger partial charge < -0.3 is 4.98 Å². The Morgan fingerprint density at radius 1 is 0.852 bits per heavy atom. The van der Waals surface area contributed by atoms with Gasteiger partial charge in [0.2, 0.25) is 0 Å². The number of hydrogen-bond acceptors (Lipinski definition) is 2. The molecule has 1 heterocycles. The number of hydrogen-bond donors (Lipinski definition) is 1. The van der Waals surface area contributed by atoms with Gasteiger partial charge in [-0.15, -0.1) is 0 Å². The molecule has 3 aromatic carbocycles. The maximum atomic E-state index is 6.06. The fraction of sp³-hybridized carbons (Fsp3) is 0.174. The topological polar surface area (TPSA) is 28.7 Å². The minimum Gasteiger partial charge on any atom is -0.333 e. The SMILES string of the molecule is Clc1ccc2nc(SCc3ccccc3CCCc3ccccc3)[nH]c2c1. The molecule has 0 atom stereocenters. The van der Waals surface area contributed by atoms with Crippen LogP contribution < -0.4 is 0 Å². The average Bonchev–Trinajstić information content (AvgIpc) is 3.10. The third-order valence-electron chi connectivity index (χ3n) is 4.66. The van der Waals surface area contributed by atoms with Crippen molar-refractivity contribution in [1.82, 2.24) is 9.97 Å². The molecule has 0 saturated heterocycles. The van der Waals surface area contributed by atoms with Gasteiger partial charge in [-0.2, -0.15) is 0 Å². The van der Waals surface area contributed by atoms with Gasteiger partial charge in [0.1, 0.15) is 0 Å². The van der Waals surface area contributed by atoms with Crippen LogP contribution in [0.2, 0.25) is 5.02 Å². The Bertz CT molecular complexity index is 1030. The first-order valence-electron chi connectivity index (χ1n) is 9.17. The lowest BCUT2D eigenvalue weighted by Gasteiger charge is -2.09. The maximum absolute atomic E-state index is 6.06. The number of imidazole rings is 1. The number of rotatable bonds is 7. The summed E-state index contributed by atoms with van der Waals surface area (Å²) in [6.07, 6.45) is 3.38. The highest BCUT2D eigenvalue weighted by molar-refractivity contribution is 7.98. The number of aryl methyl sites for hydroxylation is 2. The van der Waals surface area contributed by atoms with E-state index in [1.807, 2.05) is 18.2 Å². The molecule has 0 bridgehead atoms. The van der Waals surface area contributed by atoms with Gasteiger partial charge in [-0.05, 0) is 54.2 Å². The molecule has 0 radical (unpaired) electrons. The second-order valence-electron chi connectivity index (χ2n) is 6.60. The zero-order chi connectivity index (χ0) is 18.5. The quantitative estimate of drug-likeness (QED) is 0.355. The molecule has 1 N–H and O–H groups in total. The van der Waals surface area contributed by atoms with Crippen LogP contribution >= 0.6 is 23.4 Å². The monoisotopic (exact) mass is 392 g/mol. The van der Waals surface area contributed by atoms with Crippen LogP contribution in [0.3, 0.4) is 0 Å². The minimum absolute atomic E-state index is 0.728. The van der Waals surface area contributed by atoms with Crippen molar-refractivity contribution in [2.45, 2.75) is 30.2 Å². The van der Waals surface area contributed by atoms with E-state index >= 15 is 0 Å². The molecule has 4 aromatic rings. The molecule has 4 rings (SSSR count). The van der Waals surface area contributed by atoms with Crippen LogP contribution in [0.1, 0.15) is 23.1 Å². The van der Waals surface area contributed by atoms with E-state index in [0.717, 1.165) is 46.2 Å². The number of aromatic amines is 1. The Labute approximate surface area is 169 Å². The first-order chi connectivity index (χ1) is 13.3. The summed E-state index contributed by atoms with van der Waals surface area (Å²) in [6.45, 7) is 0. The summed E-state index contributed by atoms with van der Waals surface area (Å²) in [5.41, 5.74) is 6.17. The van der Waals surface area contributed by atoms with Crippen molar-refractivity contribution in [2.24, 2.45) is 0 Å². The molecule has 0 aliphatic carbocycles. The van der Waals surface area contributed by atoms with Gasteiger partial charge >= 0.3 is 0 Å². The van der Waals surface area contributed by atoms with E-state index in [9.17, 15) is 0 Å². The Hall–Kier alpha value is -2.23. The number of halogens is 1. The molecule has 27 heavy (non-hydrogen) atoms. The highest BCUT2D eigenvalue weighted by atomic mass is 35.5. The van der Waals surface area contributed by atoms with Crippen LogP contribution in [0.15, 0.2) is 78.0 Å². The first-order valence-corrected chi connectivity index (χ1v) is 10.5. The molecule has 0 amide bonds. The highest BCUT2D eigenvalue weighted by Crippen LogP contribution is 2.26. The summed E-state index contributed by atoms with van der Waals surface area (Å²) in [6, 6.07) is 25.2. The highest BCUT2D eigenvalue weighted by Gasteiger charge is 2.07. The molecule has 136 valence electrons. The zero-order valence-electron chi connectivity index (χ0n) is 15.0. The Morgan fingerprint density at radius 3 is 2.48 bits per heavy atom. The number of H-pyrrole nitrogens is 1. The van der Waals surface area contributed by atoms with E-state index in [-0.39, 0.29) is 0 Å². The zero-order valence-corrected chi connectivity index (χ0v) is 16.6. The van der Waals surface area contributed by atoms with Gasteiger partial charge in [-0.3, -0.25) is 0 Å². The second kappa shape index (κ2) is 8.64. The molecule has 0 saturated carbocycles. The summed E-state index contributed by atoms with van der Waals surface area (Å²) in [5.74, 6) is 0.912. The van der Waals surface area contributed by atoms with Crippen LogP contribution in [0.4, 0.5) is 0 Å². The minimum atomic E-state index is 0.728. The largest absolute Gasteiger partial charge is 0.333 e. The molecule has 2 nitrogen and oxygen atoms in total. The Kier molecular flexibility index (Phi) is 5.81. The second-order valence-corrected chi connectivity index (χ2v) is 8.00. The summed E-state index contributed by atoms with van der Waals surface area (Å²) >= 11 is 7.80. The number of nitrogens with one attached hydrogen (secondary N) is 1. The molecule has 0 aliphatic heterocycles. The van der Waals surface area contributed by atoms with Crippen LogP contribution in [-0.2, 0) is 18.6 Å². The molecule has 1 aromatic heterocycles. The number of thioether (sulfide) groups is 1. The van der Waals surface area contributed by atoms with Crippen LogP contribution in [0.5, 0.6) is 0 Å². The predicted octanol–water partition coefficient (Wildman–Crippen LogP) is 6.68. The van der Waals surface area contributed by atoms with E-state index in [4.69, 9.17) is 11.6 Å². The molecular formula is C23H21ClN2S. The Balaban J connectivity index is 1.39. The molecule has 0 unspecified atom stereocenters. The number of benzene rings is 3. The van der Waals surface area contributed by atoms with Crippen LogP contribution in [0, 0.1) is 0 Å². The summed E-state index contributed by atoms with van der Waals surface area (Å²) in [4.78, 5) is 8.01. The van der Waals surface area contributed by atoms with Crippen molar-refractivity contribution in [1.29, 1.82) is 0 Å². The summed E-state index contributed by atoms with van der Waals surface area (Å²) < 4.78 is 0. The molecule has 4 heteroatoms. The van der Waals surface area contributed by atoms with E-state index in [2.05, 4.69) is 64.6 Å². The summed E-state index contributed by atoms with van der Waals surface area (Å²) in [7, 11) is 0. The van der Waals surface area contributed by atoms with Crippen LogP contribution in [-0.4, -0.2) is 9.97 Å². The fourth-order valence-electron chi connectivity index (χ4n) is 3.24. The van der Waals surface area contributed by atoms with Crippen molar-refractivity contribution >= 4 is 34.4 Å². The lowest BCUT2D eigenvalue weighted by atomic mass is 10.0. The van der Waals surface area contributed by atoms with Gasteiger partial charge in [-0.25, -0.2) is 4.98 Å². The smallest absolute Gasteiger partial charge is 0.166 e. The van der Waals surface area contributed by atoms with Gasteiger partial charge in [-0.1, -0.05) is 78.0 Å². The normalized spacial score (nSPS) is 11.1. The molecule has 0 spiro atoms. The lowest BCUT2D eigenvalue weighted by Crippen LogP contribution is -1.95. The fourth-order valence-corrected chi connectivity index (χ4v) is 4.33. The van der Waals surface area contributed by atoms with Crippen molar-refractivity contribution in [2.75, 3.05) is 0 Å². The molecule has 0 aliphatic rings. The number of nitrogens with zero attached hydrogens (tertiary/aromatic N) is 1. The van der Waals surface area contributed by atoms with Gasteiger partial charge in [0.15, 0.2) is 5.16 Å². The third-order valence-corrected chi connectivity index (χ3v) is 5.82. The van der Waals surface area contributed by atoms with E-state index in [1.165, 1.54) is 16.7 Å². The number of fused-ring (bicyclic) bond motifs is 1. The van der Waals surface area contributed by atoms with E-state index in [0.29, 0.717) is 0 Å². The van der Waals surface area contributed by atoms with Crippen molar-refractivity contribution in [3.05, 3.63) is 94.5 Å². The van der Waals surface area contributed by atoms with Gasteiger partial charge in [0.05, 0.1) is 11.0 Å². The predicted molar refractivity (Wildman–Crippen MR) is 116 cm³/mol.